The van der Waals surface area contributed by atoms with Crippen LogP contribution in [0.3, 0.4) is 0 Å². The molecule has 1 aromatic heterocycles. The van der Waals surface area contributed by atoms with E-state index in [0.717, 1.165) is 55.4 Å². The van der Waals surface area contributed by atoms with Crippen LogP contribution in [0.5, 0.6) is 5.75 Å². The molecule has 3 aliphatic rings. The first-order valence-electron chi connectivity index (χ1n) is 13.4. The van der Waals surface area contributed by atoms with Crippen molar-refractivity contribution in [1.29, 1.82) is 0 Å². The van der Waals surface area contributed by atoms with Crippen LogP contribution in [0.4, 0.5) is 14.9 Å². The molecule has 0 unspecified atom stereocenters. The molecule has 0 spiro atoms. The number of rotatable bonds is 8. The molecule has 8 heteroatoms. The van der Waals surface area contributed by atoms with Crippen LogP contribution in [0.1, 0.15) is 77.9 Å². The highest BCUT2D eigenvalue weighted by atomic mass is 19.1. The van der Waals surface area contributed by atoms with E-state index in [2.05, 4.69) is 15.5 Å². The summed E-state index contributed by atoms with van der Waals surface area (Å²) >= 11 is 0. The fraction of sp³-hybridized carbons (Fsp3) is 0.500. The number of anilines is 1. The van der Waals surface area contributed by atoms with Crippen molar-refractivity contribution in [2.24, 2.45) is 5.41 Å². The summed E-state index contributed by atoms with van der Waals surface area (Å²) < 4.78 is 30.9. The average molecular weight is 522 g/mol. The van der Waals surface area contributed by atoms with E-state index in [1.807, 2.05) is 62.4 Å². The van der Waals surface area contributed by atoms with E-state index >= 15 is 0 Å². The topological polar surface area (TPSA) is 86.5 Å². The van der Waals surface area contributed by atoms with Gasteiger partial charge >= 0.3 is 6.09 Å². The zero-order chi connectivity index (χ0) is 27.0. The first-order chi connectivity index (χ1) is 18.1. The minimum Gasteiger partial charge on any atom is -0.491 e. The molecule has 6 rings (SSSR count). The number of benzene rings is 2. The number of ether oxygens (including phenoxy) is 2. The van der Waals surface area contributed by atoms with Gasteiger partial charge in [0.25, 0.3) is 5.89 Å². The maximum Gasteiger partial charge on any atom is 0.411 e. The lowest BCUT2D eigenvalue weighted by Crippen LogP contribution is -2.47. The fourth-order valence-corrected chi connectivity index (χ4v) is 5.64. The van der Waals surface area contributed by atoms with Gasteiger partial charge in [-0.25, -0.2) is 9.18 Å². The van der Waals surface area contributed by atoms with Gasteiger partial charge in [-0.2, -0.15) is 4.98 Å². The van der Waals surface area contributed by atoms with Crippen LogP contribution < -0.4 is 10.1 Å². The lowest BCUT2D eigenvalue weighted by Gasteiger charge is -2.51. The second-order valence-electron chi connectivity index (χ2n) is 11.6. The van der Waals surface area contributed by atoms with Gasteiger partial charge in [0.2, 0.25) is 0 Å². The zero-order valence-electron chi connectivity index (χ0n) is 22.6. The first-order valence-corrected chi connectivity index (χ1v) is 13.4. The molecule has 1 heterocycles. The van der Waals surface area contributed by atoms with E-state index in [4.69, 9.17) is 14.0 Å². The van der Waals surface area contributed by atoms with Gasteiger partial charge in [0, 0.05) is 16.5 Å². The Morgan fingerprint density at radius 3 is 2.34 bits per heavy atom. The number of nitrogens with one attached hydrogen (secondary N) is 1. The molecule has 202 valence electrons. The molecule has 38 heavy (non-hydrogen) atoms. The van der Waals surface area contributed by atoms with Gasteiger partial charge in [0.15, 0.2) is 11.5 Å². The predicted octanol–water partition coefficient (Wildman–Crippen LogP) is 7.57. The summed E-state index contributed by atoms with van der Waals surface area (Å²) in [6.45, 7) is 7.22. The summed E-state index contributed by atoms with van der Waals surface area (Å²) in [5, 5.41) is 7.01. The molecule has 1 amide bonds. The molecule has 2 bridgehead atoms. The molecule has 0 aliphatic heterocycles. The van der Waals surface area contributed by atoms with Crippen LogP contribution in [0, 0.1) is 5.41 Å². The minimum atomic E-state index is -1.65. The van der Waals surface area contributed by atoms with E-state index in [-0.39, 0.29) is 22.8 Å². The zero-order valence-corrected chi connectivity index (χ0v) is 22.6. The predicted molar refractivity (Wildman–Crippen MR) is 143 cm³/mol. The molecule has 0 saturated heterocycles. The Balaban J connectivity index is 1.15. The maximum atomic E-state index is 14.2. The molecule has 2 aromatic carbocycles. The summed E-state index contributed by atoms with van der Waals surface area (Å²) in [6.07, 6.45) is 5.05. The van der Waals surface area contributed by atoms with Crippen molar-refractivity contribution in [2.45, 2.75) is 83.4 Å². The van der Waals surface area contributed by atoms with Gasteiger partial charge in [0.1, 0.15) is 5.75 Å². The molecule has 0 atom stereocenters. The van der Waals surface area contributed by atoms with E-state index in [9.17, 15) is 9.18 Å². The Hall–Kier alpha value is -3.42. The normalized spacial score (nSPS) is 22.9. The molecular formula is C30H36FN3O4. The van der Waals surface area contributed by atoms with Crippen molar-refractivity contribution in [2.75, 3.05) is 11.9 Å². The number of fused-ring (bicyclic) bond motifs is 3. The molecule has 3 fully saturated rings. The SMILES string of the molecule is CC(C)Oc1ccc(-c2cccc(NC(=O)OCC34CCC(c5noc(C(C)(C)F)n5)(CC3)CC4)c2)cc1. The number of hydrogen-bond acceptors (Lipinski definition) is 6. The second-order valence-corrected chi connectivity index (χ2v) is 11.6. The Morgan fingerprint density at radius 2 is 1.74 bits per heavy atom. The summed E-state index contributed by atoms with van der Waals surface area (Å²) in [4.78, 5) is 17.1. The van der Waals surface area contributed by atoms with Crippen LogP contribution >= 0.6 is 0 Å². The third kappa shape index (κ3) is 5.54. The third-order valence-electron chi connectivity index (χ3n) is 7.99. The highest BCUT2D eigenvalue weighted by Gasteiger charge is 2.52. The van der Waals surface area contributed by atoms with Crippen LogP contribution in [0.25, 0.3) is 11.1 Å². The van der Waals surface area contributed by atoms with Crippen molar-refractivity contribution in [3.05, 3.63) is 60.2 Å². The summed E-state index contributed by atoms with van der Waals surface area (Å²) in [6, 6.07) is 15.6. The quantitative estimate of drug-likeness (QED) is 0.329. The summed E-state index contributed by atoms with van der Waals surface area (Å²) in [7, 11) is 0. The highest BCUT2D eigenvalue weighted by molar-refractivity contribution is 5.86. The summed E-state index contributed by atoms with van der Waals surface area (Å²) in [5.41, 5.74) is 0.858. The smallest absolute Gasteiger partial charge is 0.411 e. The van der Waals surface area contributed by atoms with E-state index < -0.39 is 11.8 Å². The van der Waals surface area contributed by atoms with E-state index in [1.165, 1.54) is 13.8 Å². The number of hydrogen-bond donors (Lipinski definition) is 1. The second kappa shape index (κ2) is 10.0. The molecule has 7 nitrogen and oxygen atoms in total. The van der Waals surface area contributed by atoms with Gasteiger partial charge in [-0.05, 0) is 102 Å². The largest absolute Gasteiger partial charge is 0.491 e. The Morgan fingerprint density at radius 1 is 1.05 bits per heavy atom. The lowest BCUT2D eigenvalue weighted by molar-refractivity contribution is -0.0146. The third-order valence-corrected chi connectivity index (χ3v) is 7.99. The number of carbonyl (C=O) groups excluding carboxylic acids is 1. The maximum absolute atomic E-state index is 14.2. The van der Waals surface area contributed by atoms with Gasteiger partial charge < -0.3 is 14.0 Å². The first kappa shape index (κ1) is 26.2. The van der Waals surface area contributed by atoms with E-state index in [0.29, 0.717) is 18.1 Å². The Kier molecular flexibility index (Phi) is 6.92. The van der Waals surface area contributed by atoms with Crippen LogP contribution in [-0.2, 0) is 15.8 Å². The van der Waals surface area contributed by atoms with Crippen LogP contribution in [0.2, 0.25) is 0 Å². The fourth-order valence-electron chi connectivity index (χ4n) is 5.64. The number of amides is 1. The number of nitrogens with zero attached hydrogens (tertiary/aromatic N) is 2. The monoisotopic (exact) mass is 521 g/mol. The highest BCUT2D eigenvalue weighted by Crippen LogP contribution is 2.57. The number of alkyl halides is 1. The molecule has 3 saturated carbocycles. The molecule has 3 aromatic rings. The minimum absolute atomic E-state index is 0.0329. The summed E-state index contributed by atoms with van der Waals surface area (Å²) in [5.74, 6) is 1.48. The number of aromatic nitrogens is 2. The van der Waals surface area contributed by atoms with Gasteiger partial charge in [0.05, 0.1) is 12.7 Å². The van der Waals surface area contributed by atoms with Gasteiger partial charge in [-0.3, -0.25) is 5.32 Å². The number of carbonyl (C=O) groups is 1. The number of halogens is 1. The average Bonchev–Trinajstić information content (AvgIpc) is 3.41. The van der Waals surface area contributed by atoms with Crippen LogP contribution in [0.15, 0.2) is 53.1 Å². The van der Waals surface area contributed by atoms with Crippen LogP contribution in [-0.4, -0.2) is 28.9 Å². The van der Waals surface area contributed by atoms with Gasteiger partial charge in [-0.1, -0.05) is 29.4 Å². The van der Waals surface area contributed by atoms with Crippen molar-refractivity contribution in [3.63, 3.8) is 0 Å². The lowest BCUT2D eigenvalue weighted by atomic mass is 9.53. The van der Waals surface area contributed by atoms with Crippen molar-refractivity contribution in [3.8, 4) is 16.9 Å². The molecule has 0 radical (unpaired) electrons. The molecule has 3 aliphatic carbocycles. The Labute approximate surface area is 223 Å². The van der Waals surface area contributed by atoms with Gasteiger partial charge in [-0.15, -0.1) is 0 Å². The van der Waals surface area contributed by atoms with E-state index in [1.54, 1.807) is 0 Å². The Bertz CT molecular complexity index is 1250. The van der Waals surface area contributed by atoms with Crippen molar-refractivity contribution < 1.29 is 23.2 Å². The van der Waals surface area contributed by atoms with Crippen molar-refractivity contribution >= 4 is 11.8 Å². The molecular weight excluding hydrogens is 485 g/mol. The van der Waals surface area contributed by atoms with Crippen molar-refractivity contribution in [1.82, 2.24) is 10.1 Å². The standard InChI is InChI=1S/C30H36FN3O4/c1-20(2)37-24-10-8-21(9-11-24)22-6-5-7-23(18-22)32-27(35)36-19-29-12-15-30(16-13-29,17-14-29)25-33-26(38-34-25)28(3,4)31/h5-11,18,20H,12-17,19H2,1-4H3,(H,32,35). The molecule has 1 N–H and O–H groups in total.